The van der Waals surface area contributed by atoms with Crippen LogP contribution in [0, 0.1) is 0 Å². The van der Waals surface area contributed by atoms with Crippen LogP contribution >= 0.6 is 0 Å². The van der Waals surface area contributed by atoms with E-state index < -0.39 is 0 Å². The second kappa shape index (κ2) is 9.60. The molecule has 0 heterocycles. The smallest absolute Gasteiger partial charge is 0.338 e. The van der Waals surface area contributed by atoms with Crippen LogP contribution in [0.25, 0.3) is 0 Å². The predicted octanol–water partition coefficient (Wildman–Crippen LogP) is 4.77. The van der Waals surface area contributed by atoms with E-state index in [0.717, 1.165) is 19.3 Å². The van der Waals surface area contributed by atoms with E-state index in [2.05, 4.69) is 13.8 Å². The zero-order valence-electron chi connectivity index (χ0n) is 12.3. The van der Waals surface area contributed by atoms with Gasteiger partial charge in [-0.25, -0.2) is 4.79 Å². The maximum Gasteiger partial charge on any atom is 0.338 e. The first-order valence-electron chi connectivity index (χ1n) is 7.54. The van der Waals surface area contributed by atoms with Gasteiger partial charge in [-0.15, -0.1) is 0 Å². The number of rotatable bonds is 9. The van der Waals surface area contributed by atoms with Crippen molar-refractivity contribution in [3.8, 4) is 0 Å². The third kappa shape index (κ3) is 6.42. The van der Waals surface area contributed by atoms with Crippen LogP contribution in [0.1, 0.15) is 68.3 Å². The van der Waals surface area contributed by atoms with Crippen LogP contribution in [0.3, 0.4) is 0 Å². The van der Waals surface area contributed by atoms with Crippen molar-refractivity contribution < 1.29 is 9.53 Å². The summed E-state index contributed by atoms with van der Waals surface area (Å²) in [5.41, 5.74) is 1.97. The molecule has 106 valence electrons. The van der Waals surface area contributed by atoms with E-state index in [-0.39, 0.29) is 5.97 Å². The summed E-state index contributed by atoms with van der Waals surface area (Å²) in [6, 6.07) is 7.84. The van der Waals surface area contributed by atoms with Gasteiger partial charge >= 0.3 is 5.97 Å². The maximum absolute atomic E-state index is 11.7. The van der Waals surface area contributed by atoms with Crippen LogP contribution in [-0.2, 0) is 11.2 Å². The van der Waals surface area contributed by atoms with E-state index in [0.29, 0.717) is 12.2 Å². The molecular formula is C17H26O2. The zero-order valence-corrected chi connectivity index (χ0v) is 12.3. The van der Waals surface area contributed by atoms with Crippen molar-refractivity contribution in [3.63, 3.8) is 0 Å². The number of hydrogen-bond donors (Lipinski definition) is 0. The third-order valence-corrected chi connectivity index (χ3v) is 3.24. The van der Waals surface area contributed by atoms with Gasteiger partial charge in [-0.2, -0.15) is 0 Å². The van der Waals surface area contributed by atoms with E-state index in [1.807, 2.05) is 24.3 Å². The predicted molar refractivity (Wildman–Crippen MR) is 79.5 cm³/mol. The minimum atomic E-state index is -0.203. The van der Waals surface area contributed by atoms with Gasteiger partial charge in [-0.05, 0) is 37.0 Å². The van der Waals surface area contributed by atoms with Gasteiger partial charge in [0.25, 0.3) is 0 Å². The monoisotopic (exact) mass is 262 g/mol. The number of esters is 1. The molecule has 0 unspecified atom stereocenters. The number of hydrogen-bond acceptors (Lipinski definition) is 2. The molecule has 0 aliphatic carbocycles. The second-order valence-corrected chi connectivity index (χ2v) is 5.00. The van der Waals surface area contributed by atoms with Gasteiger partial charge in [-0.1, -0.05) is 51.7 Å². The van der Waals surface area contributed by atoms with Crippen molar-refractivity contribution >= 4 is 5.97 Å². The van der Waals surface area contributed by atoms with Gasteiger partial charge in [0.15, 0.2) is 0 Å². The highest BCUT2D eigenvalue weighted by Gasteiger charge is 2.06. The quantitative estimate of drug-likeness (QED) is 0.473. The van der Waals surface area contributed by atoms with Crippen LogP contribution in [-0.4, -0.2) is 12.6 Å². The summed E-state index contributed by atoms with van der Waals surface area (Å²) in [7, 11) is 0. The van der Waals surface area contributed by atoms with Crippen LogP contribution in [0.4, 0.5) is 0 Å². The fourth-order valence-corrected chi connectivity index (χ4v) is 1.96. The Balaban J connectivity index is 2.36. The van der Waals surface area contributed by atoms with Gasteiger partial charge in [0.2, 0.25) is 0 Å². The Morgan fingerprint density at radius 2 is 1.63 bits per heavy atom. The van der Waals surface area contributed by atoms with E-state index in [9.17, 15) is 4.79 Å². The number of carbonyl (C=O) groups is 1. The van der Waals surface area contributed by atoms with Crippen molar-refractivity contribution in [1.29, 1.82) is 0 Å². The van der Waals surface area contributed by atoms with Crippen molar-refractivity contribution in [2.24, 2.45) is 0 Å². The second-order valence-electron chi connectivity index (χ2n) is 5.00. The Bertz CT molecular complexity index is 354. The lowest BCUT2D eigenvalue weighted by atomic mass is 10.0. The van der Waals surface area contributed by atoms with Crippen molar-refractivity contribution in [2.45, 2.75) is 58.8 Å². The van der Waals surface area contributed by atoms with E-state index in [4.69, 9.17) is 4.74 Å². The molecule has 0 saturated carbocycles. The molecule has 1 aromatic carbocycles. The molecule has 0 radical (unpaired) electrons. The number of benzene rings is 1. The molecule has 2 nitrogen and oxygen atoms in total. The number of carbonyl (C=O) groups excluding carboxylic acids is 1. The van der Waals surface area contributed by atoms with E-state index in [1.54, 1.807) is 0 Å². The molecule has 0 aromatic heterocycles. The van der Waals surface area contributed by atoms with Gasteiger partial charge in [-0.3, -0.25) is 0 Å². The molecule has 1 rings (SSSR count). The first-order valence-corrected chi connectivity index (χ1v) is 7.54. The molecule has 0 amide bonds. The van der Waals surface area contributed by atoms with Crippen LogP contribution < -0.4 is 0 Å². The highest BCUT2D eigenvalue weighted by atomic mass is 16.5. The fourth-order valence-electron chi connectivity index (χ4n) is 1.96. The first-order chi connectivity index (χ1) is 9.27. The molecule has 2 heteroatoms. The lowest BCUT2D eigenvalue weighted by Gasteiger charge is -2.05. The van der Waals surface area contributed by atoms with Gasteiger partial charge < -0.3 is 4.74 Å². The molecule has 0 spiro atoms. The molecule has 0 N–H and O–H groups in total. The van der Waals surface area contributed by atoms with E-state index in [1.165, 1.54) is 31.2 Å². The number of unbranched alkanes of at least 4 members (excludes halogenated alkanes) is 4. The van der Waals surface area contributed by atoms with Crippen LogP contribution in [0.5, 0.6) is 0 Å². The summed E-state index contributed by atoms with van der Waals surface area (Å²) in [6.07, 6.45) is 8.17. The molecule has 1 aromatic rings. The van der Waals surface area contributed by atoms with Gasteiger partial charge in [0.1, 0.15) is 0 Å². The highest BCUT2D eigenvalue weighted by molar-refractivity contribution is 5.89. The lowest BCUT2D eigenvalue weighted by molar-refractivity contribution is 0.0500. The largest absolute Gasteiger partial charge is 0.462 e. The Labute approximate surface area is 117 Å². The average Bonchev–Trinajstić information content (AvgIpc) is 2.44. The van der Waals surface area contributed by atoms with Gasteiger partial charge in [0, 0.05) is 0 Å². The maximum atomic E-state index is 11.7. The Hall–Kier alpha value is -1.31. The standard InChI is InChI=1S/C17H26O2/c1-3-5-7-8-9-15-10-12-16(13-11-15)17(18)19-14-6-4-2/h10-13H,3-9,14H2,1-2H3. The summed E-state index contributed by atoms with van der Waals surface area (Å²) < 4.78 is 5.18. The first kappa shape index (κ1) is 15.7. The summed E-state index contributed by atoms with van der Waals surface area (Å²) >= 11 is 0. The molecule has 0 aliphatic heterocycles. The summed E-state index contributed by atoms with van der Waals surface area (Å²) in [5.74, 6) is -0.203. The minimum absolute atomic E-state index is 0.203. The summed E-state index contributed by atoms with van der Waals surface area (Å²) in [5, 5.41) is 0. The number of aryl methyl sites for hydroxylation is 1. The third-order valence-electron chi connectivity index (χ3n) is 3.24. The molecule has 0 bridgehead atoms. The van der Waals surface area contributed by atoms with E-state index >= 15 is 0 Å². The van der Waals surface area contributed by atoms with Crippen molar-refractivity contribution in [1.82, 2.24) is 0 Å². The lowest BCUT2D eigenvalue weighted by Crippen LogP contribution is -2.06. The van der Waals surface area contributed by atoms with Crippen LogP contribution in [0.2, 0.25) is 0 Å². The SMILES string of the molecule is CCCCCCc1ccc(C(=O)OCCCC)cc1. The average molecular weight is 262 g/mol. The van der Waals surface area contributed by atoms with Crippen molar-refractivity contribution in [2.75, 3.05) is 6.61 Å². The van der Waals surface area contributed by atoms with Crippen molar-refractivity contribution in [3.05, 3.63) is 35.4 Å². The fraction of sp³-hybridized carbons (Fsp3) is 0.588. The Morgan fingerprint density at radius 3 is 2.26 bits per heavy atom. The summed E-state index contributed by atoms with van der Waals surface area (Å²) in [6.45, 7) is 4.83. The molecule has 0 saturated heterocycles. The molecule has 0 fully saturated rings. The van der Waals surface area contributed by atoms with Crippen LogP contribution in [0.15, 0.2) is 24.3 Å². The topological polar surface area (TPSA) is 26.3 Å². The normalized spacial score (nSPS) is 10.4. The zero-order chi connectivity index (χ0) is 13.9. The minimum Gasteiger partial charge on any atom is -0.462 e. The highest BCUT2D eigenvalue weighted by Crippen LogP contribution is 2.10. The number of ether oxygens (including phenoxy) is 1. The summed E-state index contributed by atoms with van der Waals surface area (Å²) in [4.78, 5) is 11.7. The Kier molecular flexibility index (Phi) is 7.95. The molecule has 0 atom stereocenters. The Morgan fingerprint density at radius 1 is 0.947 bits per heavy atom. The molecule has 19 heavy (non-hydrogen) atoms. The van der Waals surface area contributed by atoms with Gasteiger partial charge in [0.05, 0.1) is 12.2 Å². The molecular weight excluding hydrogens is 236 g/mol. The molecule has 0 aliphatic rings.